The summed E-state index contributed by atoms with van der Waals surface area (Å²) in [7, 11) is 3.72. The number of hydrogen-bond donors (Lipinski definition) is 1. The number of nitrogens with zero attached hydrogens (tertiary/aromatic N) is 1. The predicted molar refractivity (Wildman–Crippen MR) is 96.5 cm³/mol. The largest absolute Gasteiger partial charge is 0.497 e. The molecule has 2 aromatic carbocycles. The summed E-state index contributed by atoms with van der Waals surface area (Å²) < 4.78 is 5.22. The lowest BCUT2D eigenvalue weighted by atomic mass is 9.88. The lowest BCUT2D eigenvalue weighted by Crippen LogP contribution is -2.28. The average molecular weight is 324 g/mol. The zero-order valence-corrected chi connectivity index (χ0v) is 14.5. The quantitative estimate of drug-likeness (QED) is 0.938. The Balaban J connectivity index is 1.78. The third kappa shape index (κ3) is 3.44. The molecular weight excluding hydrogens is 300 g/mol. The van der Waals surface area contributed by atoms with Gasteiger partial charge in [0.1, 0.15) is 5.75 Å². The van der Waals surface area contributed by atoms with Gasteiger partial charge in [-0.2, -0.15) is 0 Å². The van der Waals surface area contributed by atoms with Gasteiger partial charge in [0.2, 0.25) is 5.91 Å². The van der Waals surface area contributed by atoms with Crippen molar-refractivity contribution in [2.45, 2.75) is 12.8 Å². The van der Waals surface area contributed by atoms with Gasteiger partial charge in [0.25, 0.3) is 0 Å². The molecule has 3 rings (SSSR count). The minimum absolute atomic E-state index is 0.0427. The maximum Gasteiger partial charge on any atom is 0.229 e. The molecule has 4 nitrogen and oxygen atoms in total. The molecule has 0 bridgehead atoms. The summed E-state index contributed by atoms with van der Waals surface area (Å²) in [5.74, 6) is 1.07. The molecular formula is C20H24N2O2. The van der Waals surface area contributed by atoms with Gasteiger partial charge in [0.05, 0.1) is 13.0 Å². The second kappa shape index (κ2) is 7.05. The number of benzene rings is 2. The second-order valence-corrected chi connectivity index (χ2v) is 6.51. The van der Waals surface area contributed by atoms with Gasteiger partial charge in [-0.3, -0.25) is 4.79 Å². The maximum atomic E-state index is 12.9. The number of aryl methyl sites for hydroxylation is 1. The molecule has 1 amide bonds. The monoisotopic (exact) mass is 324 g/mol. The third-order valence-electron chi connectivity index (χ3n) is 4.76. The molecule has 0 radical (unpaired) electrons. The molecule has 2 unspecified atom stereocenters. The fourth-order valence-corrected chi connectivity index (χ4v) is 3.43. The summed E-state index contributed by atoms with van der Waals surface area (Å²) in [4.78, 5) is 15.1. The number of methoxy groups -OCH3 is 1. The summed E-state index contributed by atoms with van der Waals surface area (Å²) >= 11 is 0. The highest BCUT2D eigenvalue weighted by molar-refractivity contribution is 5.94. The number of anilines is 1. The van der Waals surface area contributed by atoms with Crippen LogP contribution in [0.1, 0.15) is 17.0 Å². The zero-order chi connectivity index (χ0) is 17.1. The number of hydrogen-bond acceptors (Lipinski definition) is 3. The van der Waals surface area contributed by atoms with E-state index in [4.69, 9.17) is 4.74 Å². The SMILES string of the molecule is COc1ccc(NC(=O)C2CN(C)CC2c2ccccc2)c(C)c1. The van der Waals surface area contributed by atoms with Crippen molar-refractivity contribution in [1.82, 2.24) is 4.90 Å². The van der Waals surface area contributed by atoms with E-state index in [2.05, 4.69) is 29.4 Å². The minimum atomic E-state index is -0.0427. The topological polar surface area (TPSA) is 41.6 Å². The Kier molecular flexibility index (Phi) is 4.86. The van der Waals surface area contributed by atoms with Crippen molar-refractivity contribution in [2.24, 2.45) is 5.92 Å². The van der Waals surface area contributed by atoms with Crippen molar-refractivity contribution in [3.63, 3.8) is 0 Å². The molecule has 1 fully saturated rings. The number of likely N-dealkylation sites (N-methyl/N-ethyl adjacent to an activating group) is 1. The first-order valence-corrected chi connectivity index (χ1v) is 8.27. The molecule has 1 saturated heterocycles. The smallest absolute Gasteiger partial charge is 0.229 e. The summed E-state index contributed by atoms with van der Waals surface area (Å²) in [6.07, 6.45) is 0. The molecule has 0 saturated carbocycles. The molecule has 2 aromatic rings. The Morgan fingerprint density at radius 2 is 1.92 bits per heavy atom. The molecule has 2 atom stereocenters. The maximum absolute atomic E-state index is 12.9. The van der Waals surface area contributed by atoms with Gasteiger partial charge in [-0.15, -0.1) is 0 Å². The zero-order valence-electron chi connectivity index (χ0n) is 14.5. The van der Waals surface area contributed by atoms with Gasteiger partial charge < -0.3 is 15.0 Å². The van der Waals surface area contributed by atoms with E-state index in [9.17, 15) is 4.79 Å². The molecule has 0 aliphatic carbocycles. The fourth-order valence-electron chi connectivity index (χ4n) is 3.43. The summed E-state index contributed by atoms with van der Waals surface area (Å²) in [5, 5.41) is 3.10. The summed E-state index contributed by atoms with van der Waals surface area (Å²) in [5.41, 5.74) is 3.08. The van der Waals surface area contributed by atoms with Gasteiger partial charge in [-0.25, -0.2) is 0 Å². The predicted octanol–water partition coefficient (Wildman–Crippen LogP) is 3.29. The Morgan fingerprint density at radius 3 is 2.58 bits per heavy atom. The molecule has 0 spiro atoms. The molecule has 1 aliphatic heterocycles. The first kappa shape index (κ1) is 16.5. The summed E-state index contributed by atoms with van der Waals surface area (Å²) in [6.45, 7) is 3.66. The highest BCUT2D eigenvalue weighted by Gasteiger charge is 2.37. The van der Waals surface area contributed by atoms with E-state index < -0.39 is 0 Å². The Morgan fingerprint density at radius 1 is 1.17 bits per heavy atom. The molecule has 1 aliphatic rings. The number of carbonyl (C=O) groups is 1. The number of rotatable bonds is 4. The van der Waals surface area contributed by atoms with E-state index in [-0.39, 0.29) is 17.7 Å². The summed E-state index contributed by atoms with van der Waals surface area (Å²) in [6, 6.07) is 16.0. The number of nitrogens with one attached hydrogen (secondary N) is 1. The Bertz CT molecular complexity index is 715. The van der Waals surface area contributed by atoms with Crippen LogP contribution < -0.4 is 10.1 Å². The van der Waals surface area contributed by atoms with E-state index in [1.807, 2.05) is 43.3 Å². The standard InChI is InChI=1S/C20H24N2O2/c1-14-11-16(24-3)9-10-19(14)21-20(23)18-13-22(2)12-17(18)15-7-5-4-6-8-15/h4-11,17-18H,12-13H2,1-3H3,(H,21,23). The van der Waals surface area contributed by atoms with Crippen LogP contribution in [0.15, 0.2) is 48.5 Å². The van der Waals surface area contributed by atoms with E-state index in [1.54, 1.807) is 7.11 Å². The van der Waals surface area contributed by atoms with Crippen molar-refractivity contribution in [2.75, 3.05) is 32.6 Å². The average Bonchev–Trinajstić information content (AvgIpc) is 2.99. The molecule has 1 N–H and O–H groups in total. The molecule has 1 heterocycles. The lowest BCUT2D eigenvalue weighted by molar-refractivity contribution is -0.119. The minimum Gasteiger partial charge on any atom is -0.497 e. The van der Waals surface area contributed by atoms with Crippen LogP contribution in [0.5, 0.6) is 5.75 Å². The van der Waals surface area contributed by atoms with Crippen molar-refractivity contribution >= 4 is 11.6 Å². The van der Waals surface area contributed by atoms with E-state index in [0.29, 0.717) is 0 Å². The lowest BCUT2D eigenvalue weighted by Gasteiger charge is -2.19. The first-order valence-electron chi connectivity index (χ1n) is 8.27. The van der Waals surface area contributed by atoms with Crippen molar-refractivity contribution in [3.05, 3.63) is 59.7 Å². The first-order chi connectivity index (χ1) is 11.6. The number of carbonyl (C=O) groups excluding carboxylic acids is 1. The number of ether oxygens (including phenoxy) is 1. The normalized spacial score (nSPS) is 20.8. The van der Waals surface area contributed by atoms with Gasteiger partial charge in [0, 0.05) is 24.7 Å². The van der Waals surface area contributed by atoms with Gasteiger partial charge >= 0.3 is 0 Å². The van der Waals surface area contributed by atoms with Crippen LogP contribution in [0.4, 0.5) is 5.69 Å². The molecule has 126 valence electrons. The molecule has 24 heavy (non-hydrogen) atoms. The number of amides is 1. The highest BCUT2D eigenvalue weighted by atomic mass is 16.5. The fraction of sp³-hybridized carbons (Fsp3) is 0.350. The van der Waals surface area contributed by atoms with Crippen molar-refractivity contribution in [1.29, 1.82) is 0 Å². The van der Waals surface area contributed by atoms with Crippen LogP contribution in [0.2, 0.25) is 0 Å². The van der Waals surface area contributed by atoms with Crippen molar-refractivity contribution in [3.8, 4) is 5.75 Å². The van der Waals surface area contributed by atoms with E-state index in [0.717, 1.165) is 30.1 Å². The van der Waals surface area contributed by atoms with E-state index >= 15 is 0 Å². The van der Waals surface area contributed by atoms with Gasteiger partial charge in [0.15, 0.2) is 0 Å². The number of likely N-dealkylation sites (tertiary alicyclic amines) is 1. The molecule has 4 heteroatoms. The Hall–Kier alpha value is -2.33. The van der Waals surface area contributed by atoms with Crippen LogP contribution in [0, 0.1) is 12.8 Å². The van der Waals surface area contributed by atoms with Gasteiger partial charge in [-0.1, -0.05) is 30.3 Å². The van der Waals surface area contributed by atoms with Crippen LogP contribution in [-0.2, 0) is 4.79 Å². The van der Waals surface area contributed by atoms with Crippen LogP contribution >= 0.6 is 0 Å². The van der Waals surface area contributed by atoms with Crippen molar-refractivity contribution < 1.29 is 9.53 Å². The second-order valence-electron chi connectivity index (χ2n) is 6.51. The molecule has 0 aromatic heterocycles. The van der Waals surface area contributed by atoms with Gasteiger partial charge in [-0.05, 0) is 43.3 Å². The third-order valence-corrected chi connectivity index (χ3v) is 4.76. The van der Waals surface area contributed by atoms with E-state index in [1.165, 1.54) is 5.56 Å². The van der Waals surface area contributed by atoms with Crippen LogP contribution in [0.25, 0.3) is 0 Å². The highest BCUT2D eigenvalue weighted by Crippen LogP contribution is 2.33. The van der Waals surface area contributed by atoms with Crippen LogP contribution in [-0.4, -0.2) is 38.1 Å². The van der Waals surface area contributed by atoms with Crippen LogP contribution in [0.3, 0.4) is 0 Å². The Labute approximate surface area is 143 Å².